The third kappa shape index (κ3) is 3.59. The predicted octanol–water partition coefficient (Wildman–Crippen LogP) is 1.92. The molecular weight excluding hydrogens is 300 g/mol. The molecule has 24 heavy (non-hydrogen) atoms. The van der Waals surface area contributed by atoms with Crippen LogP contribution in [0.15, 0.2) is 53.9 Å². The highest BCUT2D eigenvalue weighted by Gasteiger charge is 2.08. The molecule has 0 aliphatic heterocycles. The number of hydrogen-bond acceptors (Lipinski definition) is 2. The van der Waals surface area contributed by atoms with Crippen LogP contribution in [-0.4, -0.2) is 45.5 Å². The molecule has 3 aromatic heterocycles. The third-order valence-corrected chi connectivity index (χ3v) is 4.10. The summed E-state index contributed by atoms with van der Waals surface area (Å²) in [4.78, 5) is 11.1. The number of hydrogen-bond donors (Lipinski definition) is 1. The molecule has 126 valence electrons. The maximum Gasteiger partial charge on any atom is 0.193 e. The lowest BCUT2D eigenvalue weighted by molar-refractivity contribution is 0.462. The van der Waals surface area contributed by atoms with E-state index in [1.165, 1.54) is 5.69 Å². The Morgan fingerprint density at radius 3 is 2.83 bits per heavy atom. The Balaban J connectivity index is 1.55. The van der Waals surface area contributed by atoms with E-state index in [0.29, 0.717) is 0 Å². The van der Waals surface area contributed by atoms with Gasteiger partial charge in [0.1, 0.15) is 5.65 Å². The van der Waals surface area contributed by atoms with E-state index in [2.05, 4.69) is 56.3 Å². The molecule has 3 aromatic rings. The summed E-state index contributed by atoms with van der Waals surface area (Å²) in [6, 6.07) is 10.2. The molecule has 0 fully saturated rings. The largest absolute Gasteiger partial charge is 0.356 e. The van der Waals surface area contributed by atoms with Crippen molar-refractivity contribution in [3.05, 3.63) is 60.3 Å². The molecule has 6 nitrogen and oxygen atoms in total. The molecule has 0 bridgehead atoms. The van der Waals surface area contributed by atoms with Crippen molar-refractivity contribution in [1.82, 2.24) is 24.2 Å². The molecule has 0 saturated heterocycles. The van der Waals surface area contributed by atoms with Crippen molar-refractivity contribution >= 4 is 11.6 Å². The van der Waals surface area contributed by atoms with Gasteiger partial charge in [0, 0.05) is 58.4 Å². The van der Waals surface area contributed by atoms with Gasteiger partial charge in [0.05, 0.1) is 12.2 Å². The van der Waals surface area contributed by atoms with Crippen molar-refractivity contribution in [1.29, 1.82) is 0 Å². The van der Waals surface area contributed by atoms with Gasteiger partial charge in [-0.15, -0.1) is 0 Å². The zero-order chi connectivity index (χ0) is 16.9. The van der Waals surface area contributed by atoms with Gasteiger partial charge < -0.3 is 19.2 Å². The molecule has 0 spiro atoms. The van der Waals surface area contributed by atoms with Gasteiger partial charge in [0.2, 0.25) is 0 Å². The second kappa shape index (κ2) is 7.21. The van der Waals surface area contributed by atoms with Gasteiger partial charge in [0.15, 0.2) is 5.96 Å². The van der Waals surface area contributed by atoms with Crippen LogP contribution in [-0.2, 0) is 20.0 Å². The van der Waals surface area contributed by atoms with Gasteiger partial charge in [-0.3, -0.25) is 4.99 Å². The Morgan fingerprint density at radius 2 is 2.12 bits per heavy atom. The smallest absolute Gasteiger partial charge is 0.193 e. The van der Waals surface area contributed by atoms with E-state index >= 15 is 0 Å². The summed E-state index contributed by atoms with van der Waals surface area (Å²) >= 11 is 0. The van der Waals surface area contributed by atoms with Gasteiger partial charge in [-0.05, 0) is 24.3 Å². The standard InChI is InChI=1S/C18H24N6/c1-19-18(23(3)14-16-7-6-11-22(16)2)20-10-9-15-13-24-12-5-4-8-17(24)21-15/h4-8,11-13H,9-10,14H2,1-3H3,(H,19,20). The van der Waals surface area contributed by atoms with E-state index in [1.807, 2.05) is 42.9 Å². The SMILES string of the molecule is CN=C(NCCc1cn2ccccc2n1)N(C)Cc1cccn1C. The highest BCUT2D eigenvalue weighted by atomic mass is 15.3. The van der Waals surface area contributed by atoms with Crippen LogP contribution >= 0.6 is 0 Å². The molecule has 0 aliphatic carbocycles. The lowest BCUT2D eigenvalue weighted by Crippen LogP contribution is -2.39. The van der Waals surface area contributed by atoms with E-state index in [9.17, 15) is 0 Å². The van der Waals surface area contributed by atoms with Gasteiger partial charge >= 0.3 is 0 Å². The number of nitrogens with zero attached hydrogens (tertiary/aromatic N) is 5. The number of imidazole rings is 1. The van der Waals surface area contributed by atoms with E-state index in [1.54, 1.807) is 0 Å². The van der Waals surface area contributed by atoms with E-state index in [4.69, 9.17) is 0 Å². The molecule has 0 amide bonds. The molecule has 0 aliphatic rings. The van der Waals surface area contributed by atoms with Crippen molar-refractivity contribution in [3.8, 4) is 0 Å². The molecule has 6 heteroatoms. The molecule has 0 saturated carbocycles. The zero-order valence-corrected chi connectivity index (χ0v) is 14.5. The van der Waals surface area contributed by atoms with Crippen LogP contribution in [0, 0.1) is 0 Å². The van der Waals surface area contributed by atoms with Crippen LogP contribution in [0.25, 0.3) is 5.65 Å². The summed E-state index contributed by atoms with van der Waals surface area (Å²) in [5.41, 5.74) is 3.31. The highest BCUT2D eigenvalue weighted by Crippen LogP contribution is 2.06. The summed E-state index contributed by atoms with van der Waals surface area (Å²) in [6.45, 7) is 1.62. The summed E-state index contributed by atoms with van der Waals surface area (Å²) < 4.78 is 4.17. The average molecular weight is 324 g/mol. The first-order chi connectivity index (χ1) is 11.7. The summed E-state index contributed by atoms with van der Waals surface area (Å²) in [5, 5.41) is 3.41. The van der Waals surface area contributed by atoms with Gasteiger partial charge in [0.25, 0.3) is 0 Å². The van der Waals surface area contributed by atoms with Gasteiger partial charge in [-0.1, -0.05) is 6.07 Å². The maximum atomic E-state index is 4.62. The molecule has 0 radical (unpaired) electrons. The number of guanidine groups is 1. The average Bonchev–Trinajstić information content (AvgIpc) is 3.17. The number of nitrogens with one attached hydrogen (secondary N) is 1. The Labute approximate surface area is 142 Å². The molecule has 3 rings (SSSR count). The minimum absolute atomic E-state index is 0.800. The van der Waals surface area contributed by atoms with Crippen molar-refractivity contribution in [3.63, 3.8) is 0 Å². The minimum atomic E-state index is 0.800. The molecule has 3 heterocycles. The normalized spacial score (nSPS) is 11.9. The molecule has 0 unspecified atom stereocenters. The van der Waals surface area contributed by atoms with Crippen molar-refractivity contribution in [2.45, 2.75) is 13.0 Å². The van der Waals surface area contributed by atoms with Crippen LogP contribution in [0.3, 0.4) is 0 Å². The Bertz CT molecular complexity index is 796. The molecule has 0 atom stereocenters. The van der Waals surface area contributed by atoms with E-state index in [0.717, 1.165) is 36.8 Å². The van der Waals surface area contributed by atoms with E-state index < -0.39 is 0 Å². The monoisotopic (exact) mass is 324 g/mol. The molecule has 0 aromatic carbocycles. The van der Waals surface area contributed by atoms with Crippen molar-refractivity contribution in [2.75, 3.05) is 20.6 Å². The molecular formula is C18H24N6. The topological polar surface area (TPSA) is 49.9 Å². The number of aryl methyl sites for hydroxylation is 1. The second-order valence-corrected chi connectivity index (χ2v) is 5.89. The van der Waals surface area contributed by atoms with E-state index in [-0.39, 0.29) is 0 Å². The Hall–Kier alpha value is -2.76. The van der Waals surface area contributed by atoms with Crippen LogP contribution in [0.5, 0.6) is 0 Å². The van der Waals surface area contributed by atoms with Crippen LogP contribution in [0.1, 0.15) is 11.4 Å². The third-order valence-electron chi connectivity index (χ3n) is 4.10. The Morgan fingerprint density at radius 1 is 1.25 bits per heavy atom. The predicted molar refractivity (Wildman–Crippen MR) is 97.1 cm³/mol. The fraction of sp³-hybridized carbons (Fsp3) is 0.333. The number of pyridine rings is 1. The quantitative estimate of drug-likeness (QED) is 0.576. The number of aromatic nitrogens is 3. The van der Waals surface area contributed by atoms with Crippen LogP contribution in [0.2, 0.25) is 0 Å². The van der Waals surface area contributed by atoms with Crippen LogP contribution in [0.4, 0.5) is 0 Å². The fourth-order valence-corrected chi connectivity index (χ4v) is 2.77. The van der Waals surface area contributed by atoms with Gasteiger partial charge in [-0.2, -0.15) is 0 Å². The maximum absolute atomic E-state index is 4.62. The Kier molecular flexibility index (Phi) is 4.84. The first-order valence-electron chi connectivity index (χ1n) is 8.12. The highest BCUT2D eigenvalue weighted by molar-refractivity contribution is 5.79. The second-order valence-electron chi connectivity index (χ2n) is 5.89. The first kappa shape index (κ1) is 16.1. The molecule has 1 N–H and O–H groups in total. The zero-order valence-electron chi connectivity index (χ0n) is 14.5. The lowest BCUT2D eigenvalue weighted by atomic mass is 10.3. The fourth-order valence-electron chi connectivity index (χ4n) is 2.77. The summed E-state index contributed by atoms with van der Waals surface area (Å²) in [6.07, 6.45) is 7.01. The summed E-state index contributed by atoms with van der Waals surface area (Å²) in [7, 11) is 5.92. The van der Waals surface area contributed by atoms with Crippen LogP contribution < -0.4 is 5.32 Å². The van der Waals surface area contributed by atoms with Crippen molar-refractivity contribution < 1.29 is 0 Å². The number of fused-ring (bicyclic) bond motifs is 1. The lowest BCUT2D eigenvalue weighted by Gasteiger charge is -2.22. The number of aliphatic imine (C=N–C) groups is 1. The summed E-state index contributed by atoms with van der Waals surface area (Å²) in [5.74, 6) is 0.889. The van der Waals surface area contributed by atoms with Gasteiger partial charge in [-0.25, -0.2) is 4.98 Å². The number of rotatable bonds is 5. The van der Waals surface area contributed by atoms with Crippen molar-refractivity contribution in [2.24, 2.45) is 12.0 Å². The first-order valence-corrected chi connectivity index (χ1v) is 8.12. The minimum Gasteiger partial charge on any atom is -0.356 e.